The van der Waals surface area contributed by atoms with E-state index in [-0.39, 0.29) is 11.3 Å². The third-order valence-corrected chi connectivity index (χ3v) is 2.37. The van der Waals surface area contributed by atoms with Gasteiger partial charge < -0.3 is 20.5 Å². The van der Waals surface area contributed by atoms with Gasteiger partial charge in [-0.3, -0.25) is 0 Å². The number of carboxylic acids is 1. The van der Waals surface area contributed by atoms with Gasteiger partial charge in [-0.1, -0.05) is 0 Å². The van der Waals surface area contributed by atoms with Gasteiger partial charge in [-0.25, -0.2) is 18.8 Å². The molecule has 0 aliphatic carbocycles. The zero-order valence-electron chi connectivity index (χ0n) is 10.8. The number of aromatic carboxylic acids is 1. The Morgan fingerprint density at radius 2 is 2.00 bits per heavy atom. The summed E-state index contributed by atoms with van der Waals surface area (Å²) in [6.45, 7) is 1.40. The zero-order chi connectivity index (χ0) is 15.3. The number of hydrogen-bond acceptors (Lipinski definition) is 4. The van der Waals surface area contributed by atoms with Crippen LogP contribution in [0.2, 0.25) is 0 Å². The molecule has 108 valence electrons. The van der Waals surface area contributed by atoms with Crippen molar-refractivity contribution in [2.75, 3.05) is 12.4 Å². The third-order valence-electron chi connectivity index (χ3n) is 2.37. The first-order valence-corrected chi connectivity index (χ1v) is 5.53. The van der Waals surface area contributed by atoms with Crippen LogP contribution in [0.25, 0.3) is 0 Å². The number of halogens is 1. The molecule has 3 N–H and O–H groups in total. The Balaban J connectivity index is 2.71. The minimum absolute atomic E-state index is 0.204. The van der Waals surface area contributed by atoms with Crippen molar-refractivity contribution in [3.05, 3.63) is 29.6 Å². The van der Waals surface area contributed by atoms with Crippen LogP contribution in [-0.2, 0) is 9.53 Å². The molecule has 20 heavy (non-hydrogen) atoms. The second-order valence-electron chi connectivity index (χ2n) is 3.84. The first-order chi connectivity index (χ1) is 9.35. The molecule has 0 aromatic heterocycles. The summed E-state index contributed by atoms with van der Waals surface area (Å²) in [5.41, 5.74) is -0.444. The lowest BCUT2D eigenvalue weighted by molar-refractivity contribution is -0.142. The molecule has 2 amide bonds. The van der Waals surface area contributed by atoms with Gasteiger partial charge in [0, 0.05) is 0 Å². The molecule has 0 spiro atoms. The Bertz CT molecular complexity index is 547. The van der Waals surface area contributed by atoms with E-state index >= 15 is 0 Å². The molecule has 0 aliphatic heterocycles. The number of nitrogens with one attached hydrogen (secondary N) is 2. The van der Waals surface area contributed by atoms with E-state index < -0.39 is 29.8 Å². The average Bonchev–Trinajstić information content (AvgIpc) is 2.39. The maximum Gasteiger partial charge on any atom is 0.335 e. The average molecular weight is 284 g/mol. The third kappa shape index (κ3) is 3.94. The number of hydrogen-bond donors (Lipinski definition) is 3. The first kappa shape index (κ1) is 15.4. The highest BCUT2D eigenvalue weighted by Gasteiger charge is 2.17. The van der Waals surface area contributed by atoms with Gasteiger partial charge in [0.1, 0.15) is 11.9 Å². The monoisotopic (exact) mass is 284 g/mol. The Labute approximate surface area is 113 Å². The molecular formula is C12H13FN2O5. The molecule has 0 bridgehead atoms. The maximum atomic E-state index is 13.5. The lowest BCUT2D eigenvalue weighted by Gasteiger charge is -2.13. The van der Waals surface area contributed by atoms with Crippen LogP contribution in [0.5, 0.6) is 0 Å². The van der Waals surface area contributed by atoms with Crippen LogP contribution in [0.1, 0.15) is 17.3 Å². The van der Waals surface area contributed by atoms with E-state index in [0.717, 1.165) is 18.2 Å². The summed E-state index contributed by atoms with van der Waals surface area (Å²) in [5, 5.41) is 13.1. The van der Waals surface area contributed by atoms with Crippen molar-refractivity contribution in [2.45, 2.75) is 13.0 Å². The number of benzene rings is 1. The van der Waals surface area contributed by atoms with Gasteiger partial charge in [-0.15, -0.1) is 0 Å². The van der Waals surface area contributed by atoms with Crippen LogP contribution in [0.15, 0.2) is 18.2 Å². The number of carbonyl (C=O) groups is 3. The van der Waals surface area contributed by atoms with E-state index in [0.29, 0.717) is 0 Å². The minimum atomic E-state index is -1.28. The van der Waals surface area contributed by atoms with Crippen molar-refractivity contribution in [3.63, 3.8) is 0 Å². The minimum Gasteiger partial charge on any atom is -0.478 e. The van der Waals surface area contributed by atoms with Crippen LogP contribution in [0.4, 0.5) is 14.9 Å². The Morgan fingerprint density at radius 3 is 2.50 bits per heavy atom. The highest BCUT2D eigenvalue weighted by Crippen LogP contribution is 2.15. The molecule has 1 unspecified atom stereocenters. The normalized spacial score (nSPS) is 11.3. The molecule has 0 aliphatic rings. The maximum absolute atomic E-state index is 13.5. The van der Waals surface area contributed by atoms with Crippen LogP contribution >= 0.6 is 0 Å². The first-order valence-electron chi connectivity index (χ1n) is 5.53. The van der Waals surface area contributed by atoms with Gasteiger partial charge >= 0.3 is 18.0 Å². The number of esters is 1. The molecule has 7 nitrogen and oxygen atoms in total. The summed E-state index contributed by atoms with van der Waals surface area (Å²) in [6, 6.07) is 1.32. The van der Waals surface area contributed by atoms with Gasteiger partial charge in [0.25, 0.3) is 0 Å². The summed E-state index contributed by atoms with van der Waals surface area (Å²) in [6.07, 6.45) is 0. The molecule has 1 aromatic carbocycles. The molecule has 1 atom stereocenters. The predicted molar refractivity (Wildman–Crippen MR) is 67.0 cm³/mol. The Hall–Kier alpha value is -2.64. The van der Waals surface area contributed by atoms with Crippen molar-refractivity contribution in [3.8, 4) is 0 Å². The topological polar surface area (TPSA) is 105 Å². The quantitative estimate of drug-likeness (QED) is 0.721. The van der Waals surface area contributed by atoms with Gasteiger partial charge in [0.05, 0.1) is 18.4 Å². The fraction of sp³-hybridized carbons (Fsp3) is 0.250. The van der Waals surface area contributed by atoms with Crippen LogP contribution in [-0.4, -0.2) is 36.2 Å². The second-order valence-corrected chi connectivity index (χ2v) is 3.84. The van der Waals surface area contributed by atoms with Crippen molar-refractivity contribution >= 4 is 23.7 Å². The molecule has 0 fully saturated rings. The molecule has 0 saturated carbocycles. The molecule has 1 aromatic rings. The van der Waals surface area contributed by atoms with Crippen LogP contribution in [0, 0.1) is 5.82 Å². The van der Waals surface area contributed by atoms with Gasteiger partial charge in [-0.2, -0.15) is 0 Å². The zero-order valence-corrected chi connectivity index (χ0v) is 10.8. The van der Waals surface area contributed by atoms with Gasteiger partial charge in [0.15, 0.2) is 0 Å². The van der Waals surface area contributed by atoms with Gasteiger partial charge in [0.2, 0.25) is 0 Å². The number of urea groups is 1. The summed E-state index contributed by atoms with van der Waals surface area (Å²) in [5.74, 6) is -2.83. The standard InChI is InChI=1S/C12H13FN2O5/c1-6(11(18)20-2)14-12(19)15-9-4-3-7(10(16)17)5-8(9)13/h3-6H,1-2H3,(H,16,17)(H2,14,15,19). The molecule has 0 saturated heterocycles. The number of anilines is 1. The van der Waals surface area contributed by atoms with Crippen LogP contribution in [0.3, 0.4) is 0 Å². The number of methoxy groups -OCH3 is 1. The van der Waals surface area contributed by atoms with E-state index in [1.165, 1.54) is 14.0 Å². The highest BCUT2D eigenvalue weighted by molar-refractivity contribution is 5.93. The van der Waals surface area contributed by atoms with E-state index in [1.807, 2.05) is 0 Å². The number of carboxylic acid groups (broad SMARTS) is 1. The molecule has 0 radical (unpaired) electrons. The largest absolute Gasteiger partial charge is 0.478 e. The lowest BCUT2D eigenvalue weighted by Crippen LogP contribution is -2.41. The Kier molecular flexibility index (Phi) is 5.01. The molecule has 8 heteroatoms. The van der Waals surface area contributed by atoms with Crippen LogP contribution < -0.4 is 10.6 Å². The van der Waals surface area contributed by atoms with E-state index in [1.54, 1.807) is 0 Å². The smallest absolute Gasteiger partial charge is 0.335 e. The summed E-state index contributed by atoms with van der Waals surface area (Å²) < 4.78 is 17.9. The lowest BCUT2D eigenvalue weighted by atomic mass is 10.2. The predicted octanol–water partition coefficient (Wildman–Crippen LogP) is 1.21. The fourth-order valence-corrected chi connectivity index (χ4v) is 1.34. The van der Waals surface area contributed by atoms with E-state index in [4.69, 9.17) is 5.11 Å². The number of carbonyl (C=O) groups excluding carboxylic acids is 2. The Morgan fingerprint density at radius 1 is 1.35 bits per heavy atom. The molecule has 0 heterocycles. The summed E-state index contributed by atoms with van der Waals surface area (Å²) in [7, 11) is 1.17. The van der Waals surface area contributed by atoms with E-state index in [2.05, 4.69) is 15.4 Å². The second kappa shape index (κ2) is 6.50. The van der Waals surface area contributed by atoms with Crippen molar-refractivity contribution in [1.82, 2.24) is 5.32 Å². The summed E-state index contributed by atoms with van der Waals surface area (Å²) in [4.78, 5) is 33.2. The van der Waals surface area contributed by atoms with Crippen molar-refractivity contribution in [1.29, 1.82) is 0 Å². The fourth-order valence-electron chi connectivity index (χ4n) is 1.34. The van der Waals surface area contributed by atoms with Gasteiger partial charge in [-0.05, 0) is 25.1 Å². The summed E-state index contributed by atoms with van der Waals surface area (Å²) >= 11 is 0. The van der Waals surface area contributed by atoms with Crippen molar-refractivity contribution in [2.24, 2.45) is 0 Å². The number of ether oxygens (including phenoxy) is 1. The van der Waals surface area contributed by atoms with Crippen molar-refractivity contribution < 1.29 is 28.6 Å². The molecule has 1 rings (SSSR count). The number of rotatable bonds is 4. The van der Waals surface area contributed by atoms with E-state index in [9.17, 15) is 18.8 Å². The highest BCUT2D eigenvalue weighted by atomic mass is 19.1. The SMILES string of the molecule is COC(=O)C(C)NC(=O)Nc1ccc(C(=O)O)cc1F. The number of amides is 2. The molecular weight excluding hydrogens is 271 g/mol.